The van der Waals surface area contributed by atoms with Crippen molar-refractivity contribution in [3.63, 3.8) is 0 Å². The molecule has 3 saturated heterocycles. The third-order valence-corrected chi connectivity index (χ3v) is 7.08. The molecule has 0 aromatic carbocycles. The van der Waals surface area contributed by atoms with Crippen molar-refractivity contribution in [2.75, 3.05) is 32.7 Å². The Bertz CT molecular complexity index is 716. The van der Waals surface area contributed by atoms with Crippen LogP contribution in [0.3, 0.4) is 0 Å². The van der Waals surface area contributed by atoms with Crippen molar-refractivity contribution in [2.24, 2.45) is 0 Å². The molecule has 7 nitrogen and oxygen atoms in total. The second-order valence-corrected chi connectivity index (χ2v) is 9.47. The summed E-state index contributed by atoms with van der Waals surface area (Å²) in [4.78, 5) is 34.1. The molecule has 4 heterocycles. The van der Waals surface area contributed by atoms with E-state index in [9.17, 15) is 14.7 Å². The molecule has 2 N–H and O–H groups in total. The molecule has 0 bridgehead atoms. The summed E-state index contributed by atoms with van der Waals surface area (Å²) < 4.78 is 0. The maximum absolute atomic E-state index is 12.5. The monoisotopic (exact) mass is 406 g/mol. The van der Waals surface area contributed by atoms with Crippen molar-refractivity contribution < 1.29 is 14.7 Å². The summed E-state index contributed by atoms with van der Waals surface area (Å²) in [5, 5.41) is 12.4. The zero-order valence-electron chi connectivity index (χ0n) is 16.5. The van der Waals surface area contributed by atoms with Gasteiger partial charge in [-0.2, -0.15) is 0 Å². The summed E-state index contributed by atoms with van der Waals surface area (Å²) in [6.45, 7) is 7.63. The first kappa shape index (κ1) is 19.8. The largest absolute Gasteiger partial charge is 0.391 e. The molecule has 0 radical (unpaired) electrons. The summed E-state index contributed by atoms with van der Waals surface area (Å²) in [7, 11) is 0. The third-order valence-electron chi connectivity index (χ3n) is 6.02. The lowest BCUT2D eigenvalue weighted by atomic mass is 10.0. The lowest BCUT2D eigenvalue weighted by Gasteiger charge is -2.45. The zero-order chi connectivity index (χ0) is 19.7. The van der Waals surface area contributed by atoms with Crippen molar-refractivity contribution in [3.8, 4) is 0 Å². The summed E-state index contributed by atoms with van der Waals surface area (Å²) >= 11 is 1.86. The molecule has 8 heteroatoms. The number of likely N-dealkylation sites (tertiary alicyclic amines) is 1. The number of nitrogens with one attached hydrogen (secondary N) is 1. The highest BCUT2D eigenvalue weighted by atomic mass is 32.1. The van der Waals surface area contributed by atoms with E-state index >= 15 is 0 Å². The van der Waals surface area contributed by atoms with Crippen LogP contribution in [0.1, 0.15) is 35.9 Å². The Balaban J connectivity index is 1.34. The van der Waals surface area contributed by atoms with Gasteiger partial charge in [-0.05, 0) is 45.0 Å². The van der Waals surface area contributed by atoms with E-state index in [0.717, 1.165) is 19.6 Å². The minimum Gasteiger partial charge on any atom is -0.391 e. The molecule has 3 fully saturated rings. The number of piperidine rings is 1. The van der Waals surface area contributed by atoms with Gasteiger partial charge in [-0.25, -0.2) is 0 Å². The number of thiophene rings is 1. The van der Waals surface area contributed by atoms with Gasteiger partial charge in [-0.3, -0.25) is 19.4 Å². The van der Waals surface area contributed by atoms with Gasteiger partial charge in [-0.15, -0.1) is 11.3 Å². The molecular formula is C20H30N4O3S. The van der Waals surface area contributed by atoms with Gasteiger partial charge in [0.2, 0.25) is 11.8 Å². The second kappa shape index (κ2) is 8.49. The van der Waals surface area contributed by atoms with Crippen molar-refractivity contribution >= 4 is 23.2 Å². The number of hydrogen-bond donors (Lipinski definition) is 2. The topological polar surface area (TPSA) is 76.1 Å². The van der Waals surface area contributed by atoms with Crippen LogP contribution in [-0.4, -0.2) is 82.5 Å². The molecule has 0 spiro atoms. The predicted molar refractivity (Wildman–Crippen MR) is 108 cm³/mol. The van der Waals surface area contributed by atoms with Gasteiger partial charge in [0, 0.05) is 42.5 Å². The van der Waals surface area contributed by atoms with Crippen molar-refractivity contribution in [2.45, 2.75) is 57.5 Å². The van der Waals surface area contributed by atoms with Gasteiger partial charge in [-0.1, -0.05) is 6.42 Å². The summed E-state index contributed by atoms with van der Waals surface area (Å²) in [5.74, 6) is -0.327. The highest BCUT2D eigenvalue weighted by Gasteiger charge is 2.44. The average molecular weight is 407 g/mol. The third kappa shape index (κ3) is 4.25. The quantitative estimate of drug-likeness (QED) is 0.750. The van der Waals surface area contributed by atoms with Crippen LogP contribution in [-0.2, 0) is 22.7 Å². The Morgan fingerprint density at radius 3 is 2.43 bits per heavy atom. The predicted octanol–water partition coefficient (Wildman–Crippen LogP) is 0.626. The van der Waals surface area contributed by atoms with E-state index in [1.807, 2.05) is 11.3 Å². The second-order valence-electron chi connectivity index (χ2n) is 8.21. The number of piperazine rings is 2. The van der Waals surface area contributed by atoms with Crippen molar-refractivity contribution in [1.29, 1.82) is 0 Å². The maximum Gasteiger partial charge on any atom is 0.248 e. The minimum absolute atomic E-state index is 0.160. The average Bonchev–Trinajstić information content (AvgIpc) is 3.12. The van der Waals surface area contributed by atoms with Crippen LogP contribution in [0.4, 0.5) is 0 Å². The number of fused-ring (bicyclic) bond motifs is 1. The molecule has 2 amide bonds. The maximum atomic E-state index is 12.5. The molecule has 0 saturated carbocycles. The summed E-state index contributed by atoms with van der Waals surface area (Å²) in [6, 6.07) is 3.16. The van der Waals surface area contributed by atoms with E-state index in [1.165, 1.54) is 49.0 Å². The van der Waals surface area contributed by atoms with Crippen LogP contribution < -0.4 is 5.32 Å². The van der Waals surface area contributed by atoms with Crippen LogP contribution in [0, 0.1) is 0 Å². The Hall–Kier alpha value is -1.48. The number of aliphatic hydroxyl groups is 1. The number of carbonyl (C=O) groups excluding carboxylic acids is 2. The Labute approximate surface area is 170 Å². The molecule has 1 aromatic heterocycles. The number of aliphatic hydroxyl groups excluding tert-OH is 1. The van der Waals surface area contributed by atoms with E-state index in [-0.39, 0.29) is 11.8 Å². The highest BCUT2D eigenvalue weighted by Crippen LogP contribution is 2.24. The fraction of sp³-hybridized carbons (Fsp3) is 0.700. The van der Waals surface area contributed by atoms with Crippen molar-refractivity contribution in [1.82, 2.24) is 20.0 Å². The van der Waals surface area contributed by atoms with E-state index in [4.69, 9.17) is 0 Å². The first-order chi connectivity index (χ1) is 13.5. The van der Waals surface area contributed by atoms with Gasteiger partial charge >= 0.3 is 0 Å². The normalized spacial score (nSPS) is 28.1. The Morgan fingerprint density at radius 2 is 1.75 bits per heavy atom. The number of carbonyl (C=O) groups is 2. The molecule has 1 aromatic rings. The summed E-state index contributed by atoms with van der Waals surface area (Å²) in [6.07, 6.45) is 3.09. The lowest BCUT2D eigenvalue weighted by Crippen LogP contribution is -2.70. The lowest BCUT2D eigenvalue weighted by molar-refractivity contribution is -0.156. The number of nitrogens with zero attached hydrogens (tertiary/aromatic N) is 3. The fourth-order valence-corrected chi connectivity index (χ4v) is 5.54. The zero-order valence-corrected chi connectivity index (χ0v) is 17.3. The highest BCUT2D eigenvalue weighted by molar-refractivity contribution is 7.11. The van der Waals surface area contributed by atoms with Gasteiger partial charge in [0.25, 0.3) is 0 Å². The molecule has 0 aliphatic carbocycles. The van der Waals surface area contributed by atoms with E-state index < -0.39 is 18.2 Å². The van der Waals surface area contributed by atoms with E-state index in [2.05, 4.69) is 27.2 Å². The van der Waals surface area contributed by atoms with Gasteiger partial charge in [0.1, 0.15) is 12.1 Å². The number of hydrogen-bond acceptors (Lipinski definition) is 6. The van der Waals surface area contributed by atoms with Crippen LogP contribution in [0.5, 0.6) is 0 Å². The molecule has 154 valence electrons. The summed E-state index contributed by atoms with van der Waals surface area (Å²) in [5.41, 5.74) is 0. The molecule has 3 aliphatic heterocycles. The first-order valence-corrected chi connectivity index (χ1v) is 11.1. The van der Waals surface area contributed by atoms with Gasteiger partial charge in [0.15, 0.2) is 0 Å². The molecule has 0 unspecified atom stereocenters. The first-order valence-electron chi connectivity index (χ1n) is 10.3. The molecule has 28 heavy (non-hydrogen) atoms. The SMILES string of the molecule is C[C@H](O)[C@H]1NC(=O)[C@H]2CN(Cc3ccc(CN4CCCCC4)s3)CCN2C1=O. The minimum atomic E-state index is -0.875. The van der Waals surface area contributed by atoms with Crippen LogP contribution in [0.2, 0.25) is 0 Å². The van der Waals surface area contributed by atoms with E-state index in [0.29, 0.717) is 13.1 Å². The molecule has 3 atom stereocenters. The van der Waals surface area contributed by atoms with E-state index in [1.54, 1.807) is 4.90 Å². The van der Waals surface area contributed by atoms with Crippen LogP contribution in [0.25, 0.3) is 0 Å². The molecule has 4 rings (SSSR count). The Kier molecular flexibility index (Phi) is 6.01. The van der Waals surface area contributed by atoms with Crippen LogP contribution >= 0.6 is 11.3 Å². The fourth-order valence-electron chi connectivity index (χ4n) is 4.44. The standard InChI is InChI=1S/C20H30N4O3S/c1-14(25)18-20(27)24-10-9-23(13-17(24)19(26)21-18)12-16-6-5-15(28-16)11-22-7-3-2-4-8-22/h5-6,14,17-18,25H,2-4,7-13H2,1H3,(H,21,26)/t14-,17+,18+/m0/s1. The number of amides is 2. The Morgan fingerprint density at radius 1 is 1.07 bits per heavy atom. The number of rotatable bonds is 5. The van der Waals surface area contributed by atoms with Gasteiger partial charge in [0.05, 0.1) is 6.10 Å². The van der Waals surface area contributed by atoms with Crippen LogP contribution in [0.15, 0.2) is 12.1 Å². The molecule has 3 aliphatic rings. The van der Waals surface area contributed by atoms with Gasteiger partial charge < -0.3 is 15.3 Å². The molecular weight excluding hydrogens is 376 g/mol. The smallest absolute Gasteiger partial charge is 0.248 e. The van der Waals surface area contributed by atoms with Crippen molar-refractivity contribution in [3.05, 3.63) is 21.9 Å².